The van der Waals surface area contributed by atoms with Crippen LogP contribution in [0.5, 0.6) is 5.75 Å². The van der Waals surface area contributed by atoms with Gasteiger partial charge in [0.2, 0.25) is 16.0 Å². The third-order valence-corrected chi connectivity index (χ3v) is 7.76. The summed E-state index contributed by atoms with van der Waals surface area (Å²) in [4.78, 5) is 33.9. The molecule has 14 heteroatoms. The van der Waals surface area contributed by atoms with Gasteiger partial charge in [-0.25, -0.2) is 23.2 Å². The minimum absolute atomic E-state index is 0.217. The van der Waals surface area contributed by atoms with E-state index < -0.39 is 33.3 Å². The highest BCUT2D eigenvalue weighted by Crippen LogP contribution is 2.20. The molecule has 0 unspecified atom stereocenters. The number of urea groups is 1. The Labute approximate surface area is 191 Å². The first-order valence-corrected chi connectivity index (χ1v) is 12.0. The minimum Gasteiger partial charge on any atom is -0.484 e. The van der Waals surface area contributed by atoms with E-state index in [1.807, 2.05) is 24.9 Å². The van der Waals surface area contributed by atoms with Gasteiger partial charge in [-0.3, -0.25) is 14.8 Å². The summed E-state index contributed by atoms with van der Waals surface area (Å²) in [6.07, 6.45) is 3.15. The van der Waals surface area contributed by atoms with Crippen LogP contribution in [-0.2, 0) is 28.5 Å². The zero-order valence-electron chi connectivity index (χ0n) is 18.6. The van der Waals surface area contributed by atoms with E-state index in [9.17, 15) is 18.0 Å². The van der Waals surface area contributed by atoms with Crippen LogP contribution in [0.15, 0.2) is 18.5 Å². The zero-order valence-corrected chi connectivity index (χ0v) is 19.4. The van der Waals surface area contributed by atoms with Crippen molar-refractivity contribution < 1.29 is 22.7 Å². The SMILES string of the molecule is Cc1cc(COc2cnc(N3CCN(S(=O)(=O)C[C@@]4(C)NC(=O)NC4=O)CC3)nc2)nn1C. The number of nitrogens with one attached hydrogen (secondary N) is 2. The Kier molecular flexibility index (Phi) is 5.97. The third-order valence-electron chi connectivity index (χ3n) is 5.67. The van der Waals surface area contributed by atoms with Crippen LogP contribution >= 0.6 is 0 Å². The van der Waals surface area contributed by atoms with Crippen molar-refractivity contribution >= 4 is 27.9 Å². The first-order chi connectivity index (χ1) is 15.6. The van der Waals surface area contributed by atoms with Crippen molar-refractivity contribution in [1.29, 1.82) is 0 Å². The summed E-state index contributed by atoms with van der Waals surface area (Å²) in [6, 6.07) is 1.25. The number of imide groups is 1. The molecule has 0 spiro atoms. The highest BCUT2D eigenvalue weighted by Gasteiger charge is 2.46. The summed E-state index contributed by atoms with van der Waals surface area (Å²) in [6.45, 7) is 4.88. The van der Waals surface area contributed by atoms with Gasteiger partial charge < -0.3 is 15.0 Å². The van der Waals surface area contributed by atoms with Gasteiger partial charge >= 0.3 is 6.03 Å². The topological polar surface area (TPSA) is 152 Å². The maximum Gasteiger partial charge on any atom is 0.322 e. The van der Waals surface area contributed by atoms with Gasteiger partial charge in [-0.05, 0) is 19.9 Å². The van der Waals surface area contributed by atoms with Crippen molar-refractivity contribution in [2.45, 2.75) is 26.0 Å². The molecule has 4 heterocycles. The number of hydrogen-bond acceptors (Lipinski definition) is 9. The molecule has 4 rings (SSSR count). The first-order valence-electron chi connectivity index (χ1n) is 10.4. The van der Waals surface area contributed by atoms with E-state index >= 15 is 0 Å². The molecule has 2 saturated heterocycles. The first kappa shape index (κ1) is 22.9. The molecule has 2 aromatic heterocycles. The predicted octanol–water partition coefficient (Wildman–Crippen LogP) is -0.853. The fourth-order valence-corrected chi connectivity index (χ4v) is 5.55. The molecule has 178 valence electrons. The van der Waals surface area contributed by atoms with E-state index in [1.165, 1.54) is 11.2 Å². The van der Waals surface area contributed by atoms with Gasteiger partial charge in [0.1, 0.15) is 17.8 Å². The van der Waals surface area contributed by atoms with Crippen LogP contribution in [0.1, 0.15) is 18.3 Å². The number of aromatic nitrogens is 4. The number of carbonyl (C=O) groups excluding carboxylic acids is 2. The van der Waals surface area contributed by atoms with Crippen LogP contribution in [0, 0.1) is 6.92 Å². The van der Waals surface area contributed by atoms with Crippen LogP contribution < -0.4 is 20.3 Å². The Balaban J connectivity index is 1.31. The average Bonchev–Trinajstić information content (AvgIpc) is 3.22. The molecular formula is C19H26N8O5S. The smallest absolute Gasteiger partial charge is 0.322 e. The van der Waals surface area contributed by atoms with Crippen LogP contribution in [0.25, 0.3) is 0 Å². The van der Waals surface area contributed by atoms with Crippen LogP contribution in [0.3, 0.4) is 0 Å². The summed E-state index contributed by atoms with van der Waals surface area (Å²) in [5, 5.41) is 8.80. The maximum atomic E-state index is 12.8. The lowest BCUT2D eigenvalue weighted by Crippen LogP contribution is -2.56. The Hall–Kier alpha value is -3.26. The number of aryl methyl sites for hydroxylation is 2. The fourth-order valence-electron chi connectivity index (χ4n) is 3.71. The molecular weight excluding hydrogens is 452 g/mol. The second kappa shape index (κ2) is 8.59. The van der Waals surface area contributed by atoms with Crippen LogP contribution in [0.4, 0.5) is 10.7 Å². The van der Waals surface area contributed by atoms with Gasteiger partial charge in [0, 0.05) is 38.9 Å². The third kappa shape index (κ3) is 4.90. The molecule has 0 radical (unpaired) electrons. The summed E-state index contributed by atoms with van der Waals surface area (Å²) in [7, 11) is -1.90. The van der Waals surface area contributed by atoms with Crippen molar-refractivity contribution in [3.05, 3.63) is 29.8 Å². The number of rotatable bonds is 7. The Morgan fingerprint density at radius 1 is 1.15 bits per heavy atom. The van der Waals surface area contributed by atoms with Gasteiger partial charge in [0.05, 0.1) is 18.1 Å². The van der Waals surface area contributed by atoms with Crippen molar-refractivity contribution in [3.63, 3.8) is 0 Å². The summed E-state index contributed by atoms with van der Waals surface area (Å²) in [5.41, 5.74) is 0.353. The fraction of sp³-hybridized carbons (Fsp3) is 0.526. The lowest BCUT2D eigenvalue weighted by Gasteiger charge is -2.35. The molecule has 0 aromatic carbocycles. The van der Waals surface area contributed by atoms with E-state index in [1.54, 1.807) is 17.1 Å². The largest absolute Gasteiger partial charge is 0.484 e. The number of piperazine rings is 1. The lowest BCUT2D eigenvalue weighted by molar-refractivity contribution is -0.122. The highest BCUT2D eigenvalue weighted by atomic mass is 32.2. The van der Waals surface area contributed by atoms with Crippen molar-refractivity contribution in [2.24, 2.45) is 7.05 Å². The van der Waals surface area contributed by atoms with E-state index in [0.717, 1.165) is 11.4 Å². The van der Waals surface area contributed by atoms with Crippen LogP contribution in [0.2, 0.25) is 0 Å². The highest BCUT2D eigenvalue weighted by molar-refractivity contribution is 7.89. The summed E-state index contributed by atoms with van der Waals surface area (Å²) < 4.78 is 34.4. The number of sulfonamides is 1. The van der Waals surface area contributed by atoms with Crippen molar-refractivity contribution in [2.75, 3.05) is 36.8 Å². The quantitative estimate of drug-likeness (QED) is 0.485. The van der Waals surface area contributed by atoms with Gasteiger partial charge in [-0.1, -0.05) is 0 Å². The molecule has 33 heavy (non-hydrogen) atoms. The van der Waals surface area contributed by atoms with E-state index in [4.69, 9.17) is 4.74 Å². The molecule has 0 aliphatic carbocycles. The van der Waals surface area contributed by atoms with Crippen molar-refractivity contribution in [1.82, 2.24) is 34.7 Å². The van der Waals surface area contributed by atoms with Gasteiger partial charge in [0.15, 0.2) is 5.75 Å². The van der Waals surface area contributed by atoms with E-state index in [0.29, 0.717) is 31.4 Å². The molecule has 2 aromatic rings. The van der Waals surface area contributed by atoms with E-state index in [2.05, 4.69) is 25.7 Å². The number of carbonyl (C=O) groups is 2. The lowest BCUT2D eigenvalue weighted by atomic mass is 10.1. The maximum absolute atomic E-state index is 12.8. The minimum atomic E-state index is -3.77. The number of anilines is 1. The zero-order chi connectivity index (χ0) is 23.8. The Morgan fingerprint density at radius 3 is 2.36 bits per heavy atom. The Morgan fingerprint density at radius 2 is 1.82 bits per heavy atom. The molecule has 0 bridgehead atoms. The van der Waals surface area contributed by atoms with E-state index in [-0.39, 0.29) is 13.1 Å². The normalized spacial score (nSPS) is 21.7. The second-order valence-electron chi connectivity index (χ2n) is 8.29. The molecule has 2 aliphatic rings. The molecule has 2 aliphatic heterocycles. The van der Waals surface area contributed by atoms with Gasteiger partial charge in [-0.15, -0.1) is 0 Å². The van der Waals surface area contributed by atoms with Gasteiger partial charge in [-0.2, -0.15) is 9.40 Å². The molecule has 13 nitrogen and oxygen atoms in total. The van der Waals surface area contributed by atoms with Gasteiger partial charge in [0.25, 0.3) is 5.91 Å². The summed E-state index contributed by atoms with van der Waals surface area (Å²) >= 11 is 0. The second-order valence-corrected chi connectivity index (χ2v) is 10.3. The standard InChI is InChI=1S/C19H26N8O5S/c1-13-8-14(24-25(13)3)11-32-15-9-20-17(21-10-15)26-4-6-27(7-5-26)33(30,31)12-19(2)16(28)22-18(29)23-19/h8-10H,4-7,11-12H2,1-3H3,(H2,22,23,28,29)/t19-/m1/s1. The monoisotopic (exact) mass is 478 g/mol. The predicted molar refractivity (Wildman–Crippen MR) is 117 cm³/mol. The molecule has 1 atom stereocenters. The Bertz CT molecular complexity index is 1140. The number of ether oxygens (including phenoxy) is 1. The molecule has 2 fully saturated rings. The van der Waals surface area contributed by atoms with Crippen molar-refractivity contribution in [3.8, 4) is 5.75 Å². The number of hydrogen-bond donors (Lipinski definition) is 2. The molecule has 0 saturated carbocycles. The number of nitrogens with zero attached hydrogens (tertiary/aromatic N) is 6. The number of amides is 3. The average molecular weight is 479 g/mol. The molecule has 2 N–H and O–H groups in total. The summed E-state index contributed by atoms with van der Waals surface area (Å²) in [5.74, 6) is -0.171. The van der Waals surface area contributed by atoms with Crippen LogP contribution in [-0.4, -0.2) is 81.9 Å². The molecule has 3 amide bonds.